The van der Waals surface area contributed by atoms with E-state index in [1.165, 1.54) is 12.8 Å². The van der Waals surface area contributed by atoms with Gasteiger partial charge in [-0.1, -0.05) is 32.6 Å². The van der Waals surface area contributed by atoms with Gasteiger partial charge < -0.3 is 13.9 Å². The number of phosphoric acid groups is 1. The average Bonchev–Trinajstić information content (AvgIpc) is 2.11. The molecule has 0 N–H and O–H groups in total. The maximum absolute atomic E-state index is 10.7. The zero-order chi connectivity index (χ0) is 10.2. The van der Waals surface area contributed by atoms with Gasteiger partial charge in [-0.15, -0.1) is 0 Å². The molecule has 0 radical (unpaired) electrons. The molecule has 0 aliphatic rings. The van der Waals surface area contributed by atoms with Crippen molar-refractivity contribution in [2.75, 3.05) is 13.7 Å². The van der Waals surface area contributed by atoms with E-state index in [2.05, 4.69) is 16.0 Å². The standard InChI is InChI=1S/C8H19O4P/c1-3-4-5-6-7-8-12-13(9,10)11-2/h3-8H2,1-2H3,(H,9,10)/p-1. The van der Waals surface area contributed by atoms with E-state index in [9.17, 15) is 9.46 Å². The third-order valence-corrected chi connectivity index (χ3v) is 2.67. The summed E-state index contributed by atoms with van der Waals surface area (Å²) in [5.41, 5.74) is 0. The number of unbranched alkanes of at least 4 members (excludes halogenated alkanes) is 4. The lowest BCUT2D eigenvalue weighted by molar-refractivity contribution is -0.223. The van der Waals surface area contributed by atoms with Crippen LogP contribution in [0.15, 0.2) is 0 Å². The van der Waals surface area contributed by atoms with Crippen LogP contribution in [0.2, 0.25) is 0 Å². The van der Waals surface area contributed by atoms with E-state index >= 15 is 0 Å². The number of phosphoric ester groups is 1. The highest BCUT2D eigenvalue weighted by Crippen LogP contribution is 2.36. The fourth-order valence-corrected chi connectivity index (χ4v) is 1.39. The van der Waals surface area contributed by atoms with Crippen molar-refractivity contribution in [3.05, 3.63) is 0 Å². The van der Waals surface area contributed by atoms with Crippen molar-refractivity contribution in [3.63, 3.8) is 0 Å². The van der Waals surface area contributed by atoms with Gasteiger partial charge in [-0.2, -0.15) is 0 Å². The SMILES string of the molecule is CCCCCCCOP(=O)([O-])OC. The molecule has 0 aliphatic heterocycles. The molecule has 0 amide bonds. The van der Waals surface area contributed by atoms with Gasteiger partial charge in [-0.05, 0) is 6.42 Å². The quantitative estimate of drug-likeness (QED) is 0.453. The summed E-state index contributed by atoms with van der Waals surface area (Å²) in [7, 11) is -2.88. The second-order valence-corrected chi connectivity index (χ2v) is 4.39. The van der Waals surface area contributed by atoms with E-state index in [0.717, 1.165) is 26.4 Å². The van der Waals surface area contributed by atoms with Crippen LogP contribution in [0.1, 0.15) is 39.0 Å². The molecule has 0 aromatic carbocycles. The summed E-state index contributed by atoms with van der Waals surface area (Å²) in [6, 6.07) is 0. The van der Waals surface area contributed by atoms with Crippen LogP contribution in [0.4, 0.5) is 0 Å². The van der Waals surface area contributed by atoms with Gasteiger partial charge in [0, 0.05) is 7.11 Å². The Hall–Kier alpha value is 0.110. The summed E-state index contributed by atoms with van der Waals surface area (Å²) in [4.78, 5) is 10.7. The minimum absolute atomic E-state index is 0.234. The van der Waals surface area contributed by atoms with Crippen molar-refractivity contribution >= 4 is 7.82 Å². The normalized spacial score (nSPS) is 15.6. The summed E-state index contributed by atoms with van der Waals surface area (Å²) in [5, 5.41) is 0. The predicted octanol–water partition coefficient (Wildman–Crippen LogP) is 2.09. The highest BCUT2D eigenvalue weighted by molar-refractivity contribution is 7.45. The third kappa shape index (κ3) is 8.44. The van der Waals surface area contributed by atoms with Gasteiger partial charge in [0.05, 0.1) is 6.61 Å². The van der Waals surface area contributed by atoms with Crippen LogP contribution in [0.5, 0.6) is 0 Å². The largest absolute Gasteiger partial charge is 0.756 e. The van der Waals surface area contributed by atoms with Gasteiger partial charge >= 0.3 is 0 Å². The van der Waals surface area contributed by atoms with Gasteiger partial charge in [0.15, 0.2) is 0 Å². The first kappa shape index (κ1) is 13.1. The lowest BCUT2D eigenvalue weighted by Crippen LogP contribution is -2.06. The predicted molar refractivity (Wildman–Crippen MR) is 49.3 cm³/mol. The smallest absolute Gasteiger partial charge is 0.267 e. The first-order valence-corrected chi connectivity index (χ1v) is 6.09. The van der Waals surface area contributed by atoms with E-state index in [-0.39, 0.29) is 6.61 Å². The Morgan fingerprint density at radius 1 is 1.23 bits per heavy atom. The Morgan fingerprint density at radius 2 is 1.85 bits per heavy atom. The topological polar surface area (TPSA) is 58.6 Å². The summed E-state index contributed by atoms with van der Waals surface area (Å²) in [5.74, 6) is 0. The lowest BCUT2D eigenvalue weighted by atomic mass is 10.2. The molecule has 0 heterocycles. The highest BCUT2D eigenvalue weighted by Gasteiger charge is 2.04. The zero-order valence-corrected chi connectivity index (χ0v) is 9.22. The molecule has 0 fully saturated rings. The molecule has 1 atom stereocenters. The maximum atomic E-state index is 10.7. The fraction of sp³-hybridized carbons (Fsp3) is 1.00. The Bertz CT molecular complexity index is 160. The van der Waals surface area contributed by atoms with Crippen molar-refractivity contribution in [3.8, 4) is 0 Å². The molecule has 13 heavy (non-hydrogen) atoms. The lowest BCUT2D eigenvalue weighted by Gasteiger charge is -2.19. The van der Waals surface area contributed by atoms with E-state index in [1.54, 1.807) is 0 Å². The molecular weight excluding hydrogens is 191 g/mol. The molecule has 0 saturated heterocycles. The third-order valence-electron chi connectivity index (χ3n) is 1.72. The minimum atomic E-state index is -3.98. The Kier molecular flexibility index (Phi) is 7.57. The number of rotatable bonds is 8. The van der Waals surface area contributed by atoms with Gasteiger partial charge in [0.25, 0.3) is 7.82 Å². The van der Waals surface area contributed by atoms with Crippen molar-refractivity contribution in [1.29, 1.82) is 0 Å². The van der Waals surface area contributed by atoms with Crippen molar-refractivity contribution in [2.45, 2.75) is 39.0 Å². The van der Waals surface area contributed by atoms with Crippen LogP contribution in [0.3, 0.4) is 0 Å². The molecule has 0 aromatic rings. The Balaban J connectivity index is 3.21. The van der Waals surface area contributed by atoms with Crippen LogP contribution in [-0.4, -0.2) is 13.7 Å². The van der Waals surface area contributed by atoms with Crippen LogP contribution in [0, 0.1) is 0 Å². The Morgan fingerprint density at radius 3 is 2.38 bits per heavy atom. The van der Waals surface area contributed by atoms with Gasteiger partial charge in [-0.3, -0.25) is 4.57 Å². The first-order valence-electron chi connectivity index (χ1n) is 4.63. The molecule has 4 nitrogen and oxygen atoms in total. The van der Waals surface area contributed by atoms with Crippen LogP contribution < -0.4 is 4.89 Å². The summed E-state index contributed by atoms with van der Waals surface area (Å²) >= 11 is 0. The molecule has 1 unspecified atom stereocenters. The molecule has 0 spiro atoms. The van der Waals surface area contributed by atoms with E-state index < -0.39 is 7.82 Å². The molecular formula is C8H18O4P-. The van der Waals surface area contributed by atoms with Gasteiger partial charge in [-0.25, -0.2) is 0 Å². The minimum Gasteiger partial charge on any atom is -0.756 e. The van der Waals surface area contributed by atoms with Gasteiger partial charge in [0.2, 0.25) is 0 Å². The van der Waals surface area contributed by atoms with E-state index in [0.29, 0.717) is 0 Å². The van der Waals surface area contributed by atoms with E-state index in [1.807, 2.05) is 0 Å². The highest BCUT2D eigenvalue weighted by atomic mass is 31.2. The van der Waals surface area contributed by atoms with Crippen LogP contribution in [-0.2, 0) is 13.6 Å². The first-order chi connectivity index (χ1) is 6.12. The molecule has 0 bridgehead atoms. The maximum Gasteiger partial charge on any atom is 0.267 e. The summed E-state index contributed by atoms with van der Waals surface area (Å²) in [6.07, 6.45) is 5.29. The monoisotopic (exact) mass is 209 g/mol. The summed E-state index contributed by atoms with van der Waals surface area (Å²) < 4.78 is 19.4. The van der Waals surface area contributed by atoms with Gasteiger partial charge in [0.1, 0.15) is 0 Å². The van der Waals surface area contributed by atoms with E-state index in [4.69, 9.17) is 0 Å². The molecule has 0 aliphatic carbocycles. The van der Waals surface area contributed by atoms with Crippen LogP contribution >= 0.6 is 7.82 Å². The number of hydrogen-bond donors (Lipinski definition) is 0. The molecule has 5 heteroatoms. The fourth-order valence-electron chi connectivity index (χ4n) is 0.935. The zero-order valence-electron chi connectivity index (χ0n) is 8.32. The second kappa shape index (κ2) is 7.51. The molecule has 80 valence electrons. The summed E-state index contributed by atoms with van der Waals surface area (Å²) in [6.45, 7) is 2.37. The van der Waals surface area contributed by atoms with Crippen molar-refractivity contribution < 1.29 is 18.5 Å². The molecule has 0 aromatic heterocycles. The van der Waals surface area contributed by atoms with Crippen molar-refractivity contribution in [1.82, 2.24) is 0 Å². The second-order valence-electron chi connectivity index (χ2n) is 2.88. The molecule has 0 rings (SSSR count). The molecule has 0 saturated carbocycles. The number of hydrogen-bond acceptors (Lipinski definition) is 4. The Labute approximate surface area is 79.9 Å². The van der Waals surface area contributed by atoms with Crippen molar-refractivity contribution in [2.24, 2.45) is 0 Å². The van der Waals surface area contributed by atoms with Crippen LogP contribution in [0.25, 0.3) is 0 Å². The average molecular weight is 209 g/mol.